The minimum absolute atomic E-state index is 0.660. The van der Waals surface area contributed by atoms with Crippen LogP contribution in [-0.2, 0) is 5.60 Å². The molecule has 1 atom stereocenters. The second-order valence-corrected chi connectivity index (χ2v) is 4.14. The molecule has 0 fully saturated rings. The van der Waals surface area contributed by atoms with Crippen LogP contribution in [0.4, 0.5) is 0 Å². The predicted octanol–water partition coefficient (Wildman–Crippen LogP) is 2.68. The molecule has 1 aliphatic carbocycles. The average molecular weight is 180 g/mol. The van der Waals surface area contributed by atoms with Crippen molar-refractivity contribution in [2.45, 2.75) is 24.9 Å². The van der Waals surface area contributed by atoms with Crippen LogP contribution in [0.1, 0.15) is 24.1 Å². The largest absolute Gasteiger partial charge is 0.380 e. The molecule has 12 heavy (non-hydrogen) atoms. The Morgan fingerprint density at radius 1 is 1.50 bits per heavy atom. The van der Waals surface area contributed by atoms with Gasteiger partial charge in [-0.3, -0.25) is 0 Å². The SMILES string of the molecule is OC1(c2cccs2)C=CCCC1. The molecule has 1 unspecified atom stereocenters. The van der Waals surface area contributed by atoms with Crippen LogP contribution in [0.5, 0.6) is 0 Å². The number of hydrogen-bond donors (Lipinski definition) is 1. The van der Waals surface area contributed by atoms with E-state index in [1.165, 1.54) is 0 Å². The molecule has 64 valence electrons. The summed E-state index contributed by atoms with van der Waals surface area (Å²) in [6.07, 6.45) is 7.06. The van der Waals surface area contributed by atoms with Crippen LogP contribution in [0.2, 0.25) is 0 Å². The fourth-order valence-electron chi connectivity index (χ4n) is 1.58. The molecular weight excluding hydrogens is 168 g/mol. The van der Waals surface area contributed by atoms with Gasteiger partial charge in [0, 0.05) is 4.88 Å². The summed E-state index contributed by atoms with van der Waals surface area (Å²) in [6, 6.07) is 3.99. The Balaban J connectivity index is 2.31. The van der Waals surface area contributed by atoms with E-state index in [9.17, 15) is 5.11 Å². The third-order valence-corrected chi connectivity index (χ3v) is 3.31. The first-order valence-corrected chi connectivity index (χ1v) is 5.13. The monoisotopic (exact) mass is 180 g/mol. The standard InChI is InChI=1S/C10H12OS/c11-10(6-2-1-3-7-10)9-5-4-8-12-9/h2,4-6,8,11H,1,3,7H2. The zero-order valence-electron chi connectivity index (χ0n) is 6.86. The third kappa shape index (κ3) is 1.32. The Bertz CT molecular complexity index is 276. The summed E-state index contributed by atoms with van der Waals surface area (Å²) < 4.78 is 0. The van der Waals surface area contributed by atoms with E-state index >= 15 is 0 Å². The van der Waals surface area contributed by atoms with Gasteiger partial charge < -0.3 is 5.11 Å². The number of aliphatic hydroxyl groups is 1. The highest BCUT2D eigenvalue weighted by atomic mass is 32.1. The first kappa shape index (κ1) is 8.02. The molecule has 1 aromatic heterocycles. The van der Waals surface area contributed by atoms with E-state index in [0.717, 1.165) is 24.1 Å². The first-order valence-electron chi connectivity index (χ1n) is 4.25. The maximum absolute atomic E-state index is 10.2. The van der Waals surface area contributed by atoms with Crippen molar-refractivity contribution in [1.82, 2.24) is 0 Å². The smallest absolute Gasteiger partial charge is 0.117 e. The molecule has 1 nitrogen and oxygen atoms in total. The molecule has 1 aromatic rings. The van der Waals surface area contributed by atoms with Crippen molar-refractivity contribution in [1.29, 1.82) is 0 Å². The highest BCUT2D eigenvalue weighted by Crippen LogP contribution is 2.34. The van der Waals surface area contributed by atoms with Crippen molar-refractivity contribution >= 4 is 11.3 Å². The summed E-state index contributed by atoms with van der Waals surface area (Å²) in [5.74, 6) is 0. The van der Waals surface area contributed by atoms with Crippen molar-refractivity contribution in [2.24, 2.45) is 0 Å². The van der Waals surface area contributed by atoms with E-state index in [4.69, 9.17) is 0 Å². The van der Waals surface area contributed by atoms with Crippen LogP contribution in [0.25, 0.3) is 0 Å². The molecular formula is C10H12OS. The van der Waals surface area contributed by atoms with Crippen molar-refractivity contribution in [2.75, 3.05) is 0 Å². The number of hydrogen-bond acceptors (Lipinski definition) is 2. The van der Waals surface area contributed by atoms with Crippen LogP contribution in [0, 0.1) is 0 Å². The summed E-state index contributed by atoms with van der Waals surface area (Å²) in [6.45, 7) is 0. The molecule has 0 saturated heterocycles. The molecule has 1 N–H and O–H groups in total. The molecule has 0 aromatic carbocycles. The van der Waals surface area contributed by atoms with E-state index in [-0.39, 0.29) is 0 Å². The normalized spacial score (nSPS) is 29.1. The second kappa shape index (κ2) is 3.04. The van der Waals surface area contributed by atoms with E-state index < -0.39 is 5.60 Å². The van der Waals surface area contributed by atoms with Crippen LogP contribution in [0.15, 0.2) is 29.7 Å². The Hall–Kier alpha value is -0.600. The molecule has 0 bridgehead atoms. The number of allylic oxidation sites excluding steroid dienone is 1. The predicted molar refractivity (Wildman–Crippen MR) is 51.2 cm³/mol. The van der Waals surface area contributed by atoms with Gasteiger partial charge in [0.1, 0.15) is 5.60 Å². The topological polar surface area (TPSA) is 20.2 Å². The second-order valence-electron chi connectivity index (χ2n) is 3.20. The van der Waals surface area contributed by atoms with Gasteiger partial charge in [-0.25, -0.2) is 0 Å². The van der Waals surface area contributed by atoms with Crippen molar-refractivity contribution in [3.63, 3.8) is 0 Å². The summed E-state index contributed by atoms with van der Waals surface area (Å²) in [5.41, 5.74) is -0.660. The molecule has 0 saturated carbocycles. The van der Waals surface area contributed by atoms with E-state index in [2.05, 4.69) is 6.08 Å². The molecule has 2 rings (SSSR count). The van der Waals surface area contributed by atoms with Gasteiger partial charge in [-0.1, -0.05) is 18.2 Å². The highest BCUT2D eigenvalue weighted by molar-refractivity contribution is 7.10. The van der Waals surface area contributed by atoms with E-state index in [1.807, 2.05) is 23.6 Å². The fourth-order valence-corrected chi connectivity index (χ4v) is 2.42. The lowest BCUT2D eigenvalue weighted by molar-refractivity contribution is 0.0764. The van der Waals surface area contributed by atoms with Crippen LogP contribution < -0.4 is 0 Å². The van der Waals surface area contributed by atoms with E-state index in [1.54, 1.807) is 11.3 Å². The van der Waals surface area contributed by atoms with Crippen molar-refractivity contribution in [3.8, 4) is 0 Å². The summed E-state index contributed by atoms with van der Waals surface area (Å²) in [4.78, 5) is 1.07. The molecule has 0 aliphatic heterocycles. The lowest BCUT2D eigenvalue weighted by atomic mass is 9.90. The minimum atomic E-state index is -0.660. The van der Waals surface area contributed by atoms with Gasteiger partial charge >= 0.3 is 0 Å². The van der Waals surface area contributed by atoms with Crippen LogP contribution in [0.3, 0.4) is 0 Å². The molecule has 2 heteroatoms. The van der Waals surface area contributed by atoms with Gasteiger partial charge in [-0.15, -0.1) is 11.3 Å². The molecule has 0 amide bonds. The summed E-state index contributed by atoms with van der Waals surface area (Å²) >= 11 is 1.63. The van der Waals surface area contributed by atoms with E-state index in [0.29, 0.717) is 0 Å². The summed E-state index contributed by atoms with van der Waals surface area (Å²) in [5, 5.41) is 12.2. The van der Waals surface area contributed by atoms with Gasteiger partial charge in [-0.2, -0.15) is 0 Å². The molecule has 1 heterocycles. The zero-order chi connectivity index (χ0) is 8.44. The Morgan fingerprint density at radius 2 is 2.42 bits per heavy atom. The minimum Gasteiger partial charge on any atom is -0.380 e. The maximum atomic E-state index is 10.2. The quantitative estimate of drug-likeness (QED) is 0.659. The Morgan fingerprint density at radius 3 is 3.00 bits per heavy atom. The zero-order valence-corrected chi connectivity index (χ0v) is 7.68. The first-order chi connectivity index (χ1) is 5.81. The third-order valence-electron chi connectivity index (χ3n) is 2.27. The lowest BCUT2D eigenvalue weighted by Crippen LogP contribution is -2.23. The molecule has 0 spiro atoms. The summed E-state index contributed by atoms with van der Waals surface area (Å²) in [7, 11) is 0. The van der Waals surface area contributed by atoms with Gasteiger partial charge in [0.15, 0.2) is 0 Å². The number of thiophene rings is 1. The Labute approximate surface area is 76.4 Å². The van der Waals surface area contributed by atoms with Crippen molar-refractivity contribution in [3.05, 3.63) is 34.5 Å². The lowest BCUT2D eigenvalue weighted by Gasteiger charge is -2.25. The molecule has 0 radical (unpaired) electrons. The van der Waals surface area contributed by atoms with Gasteiger partial charge in [0.2, 0.25) is 0 Å². The Kier molecular flexibility index (Phi) is 2.03. The van der Waals surface area contributed by atoms with Gasteiger partial charge in [0.25, 0.3) is 0 Å². The average Bonchev–Trinajstić information content (AvgIpc) is 2.58. The highest BCUT2D eigenvalue weighted by Gasteiger charge is 2.27. The maximum Gasteiger partial charge on any atom is 0.117 e. The molecule has 1 aliphatic rings. The van der Waals surface area contributed by atoms with Gasteiger partial charge in [0.05, 0.1) is 0 Å². The van der Waals surface area contributed by atoms with Crippen LogP contribution in [-0.4, -0.2) is 5.11 Å². The van der Waals surface area contributed by atoms with Crippen molar-refractivity contribution < 1.29 is 5.11 Å². The fraction of sp³-hybridized carbons (Fsp3) is 0.400. The number of rotatable bonds is 1. The van der Waals surface area contributed by atoms with Crippen LogP contribution >= 0.6 is 11.3 Å². The van der Waals surface area contributed by atoms with Gasteiger partial charge in [-0.05, 0) is 30.7 Å².